The van der Waals surface area contributed by atoms with Gasteiger partial charge in [0, 0.05) is 29.7 Å². The second kappa shape index (κ2) is 5.25. The van der Waals surface area contributed by atoms with Gasteiger partial charge in [0.25, 0.3) is 0 Å². The van der Waals surface area contributed by atoms with Crippen molar-refractivity contribution in [3.63, 3.8) is 0 Å². The second-order valence-electron chi connectivity index (χ2n) is 4.39. The first-order valence-corrected chi connectivity index (χ1v) is 6.18. The molecule has 0 aliphatic carbocycles. The van der Waals surface area contributed by atoms with E-state index in [1.54, 1.807) is 6.07 Å². The van der Waals surface area contributed by atoms with E-state index in [1.165, 1.54) is 0 Å². The first-order chi connectivity index (χ1) is 8.04. The predicted octanol–water partition coefficient (Wildman–Crippen LogP) is 2.90. The largest absolute Gasteiger partial charge is 0.481 e. The first kappa shape index (κ1) is 12.7. The van der Waals surface area contributed by atoms with Crippen LogP contribution in [0.25, 0.3) is 0 Å². The summed E-state index contributed by atoms with van der Waals surface area (Å²) in [5.74, 6) is -0.447. The van der Waals surface area contributed by atoms with Crippen LogP contribution < -0.4 is 0 Å². The van der Waals surface area contributed by atoms with Gasteiger partial charge in [-0.1, -0.05) is 29.3 Å². The van der Waals surface area contributed by atoms with Crippen molar-refractivity contribution in [1.29, 1.82) is 0 Å². The van der Waals surface area contributed by atoms with Crippen LogP contribution >= 0.6 is 23.2 Å². The highest BCUT2D eigenvalue weighted by Gasteiger charge is 2.28. The van der Waals surface area contributed by atoms with Crippen LogP contribution in [0.4, 0.5) is 0 Å². The summed E-state index contributed by atoms with van der Waals surface area (Å²) in [4.78, 5) is 12.7. The number of aliphatic carboxylic acids is 1. The van der Waals surface area contributed by atoms with Crippen molar-refractivity contribution in [2.45, 2.75) is 13.0 Å². The SMILES string of the molecule is O=C(O)CC1CN(Cc2ccc(Cl)cc2Cl)C1. The topological polar surface area (TPSA) is 40.5 Å². The van der Waals surface area contributed by atoms with E-state index in [4.69, 9.17) is 28.3 Å². The number of benzene rings is 1. The molecule has 1 aromatic carbocycles. The Kier molecular flexibility index (Phi) is 3.92. The average molecular weight is 274 g/mol. The minimum atomic E-state index is -0.723. The molecule has 0 atom stereocenters. The standard InChI is InChI=1S/C12H13Cl2NO2/c13-10-2-1-9(11(14)4-10)7-15-5-8(6-15)3-12(16)17/h1-2,4,8H,3,5-7H2,(H,16,17). The highest BCUT2D eigenvalue weighted by atomic mass is 35.5. The van der Waals surface area contributed by atoms with Gasteiger partial charge in [-0.05, 0) is 23.6 Å². The van der Waals surface area contributed by atoms with E-state index in [0.717, 1.165) is 25.2 Å². The monoisotopic (exact) mass is 273 g/mol. The number of rotatable bonds is 4. The Balaban J connectivity index is 1.85. The molecular weight excluding hydrogens is 261 g/mol. The quantitative estimate of drug-likeness (QED) is 0.917. The van der Waals surface area contributed by atoms with Crippen LogP contribution in [0.1, 0.15) is 12.0 Å². The van der Waals surface area contributed by atoms with Gasteiger partial charge in [-0.3, -0.25) is 9.69 Å². The average Bonchev–Trinajstić information content (AvgIpc) is 2.17. The number of hydrogen-bond donors (Lipinski definition) is 1. The highest BCUT2D eigenvalue weighted by molar-refractivity contribution is 6.35. The lowest BCUT2D eigenvalue weighted by atomic mass is 9.96. The lowest BCUT2D eigenvalue weighted by Gasteiger charge is -2.38. The fourth-order valence-electron chi connectivity index (χ4n) is 2.07. The van der Waals surface area contributed by atoms with Gasteiger partial charge in [-0.25, -0.2) is 0 Å². The van der Waals surface area contributed by atoms with Gasteiger partial charge < -0.3 is 5.11 Å². The van der Waals surface area contributed by atoms with Crippen molar-refractivity contribution in [2.24, 2.45) is 5.92 Å². The summed E-state index contributed by atoms with van der Waals surface area (Å²) in [6, 6.07) is 5.46. The third kappa shape index (κ3) is 3.35. The van der Waals surface area contributed by atoms with Crippen molar-refractivity contribution >= 4 is 29.2 Å². The Morgan fingerprint density at radius 1 is 1.41 bits per heavy atom. The highest BCUT2D eigenvalue weighted by Crippen LogP contribution is 2.26. The number of carbonyl (C=O) groups is 1. The van der Waals surface area contributed by atoms with E-state index in [1.807, 2.05) is 12.1 Å². The van der Waals surface area contributed by atoms with Gasteiger partial charge in [-0.15, -0.1) is 0 Å². The van der Waals surface area contributed by atoms with Gasteiger partial charge in [0.2, 0.25) is 0 Å². The minimum absolute atomic E-state index is 0.255. The molecule has 1 saturated heterocycles. The summed E-state index contributed by atoms with van der Waals surface area (Å²) in [7, 11) is 0. The Hall–Kier alpha value is -0.770. The molecule has 92 valence electrons. The van der Waals surface area contributed by atoms with Crippen molar-refractivity contribution in [2.75, 3.05) is 13.1 Å². The summed E-state index contributed by atoms with van der Waals surface area (Å²) in [6.45, 7) is 2.41. The van der Waals surface area contributed by atoms with Crippen LogP contribution in [0.5, 0.6) is 0 Å². The molecule has 1 N–H and O–H groups in total. The van der Waals surface area contributed by atoms with Crippen molar-refractivity contribution in [1.82, 2.24) is 4.90 Å². The lowest BCUT2D eigenvalue weighted by Crippen LogP contribution is -2.46. The van der Waals surface area contributed by atoms with E-state index in [9.17, 15) is 4.79 Å². The van der Waals surface area contributed by atoms with Crippen LogP contribution in [-0.2, 0) is 11.3 Å². The van der Waals surface area contributed by atoms with E-state index in [2.05, 4.69) is 4.90 Å². The van der Waals surface area contributed by atoms with Gasteiger partial charge in [0.05, 0.1) is 6.42 Å². The molecular formula is C12H13Cl2NO2. The molecule has 0 amide bonds. The Morgan fingerprint density at radius 2 is 2.12 bits per heavy atom. The maximum atomic E-state index is 10.5. The zero-order chi connectivity index (χ0) is 12.4. The molecule has 5 heteroatoms. The van der Waals surface area contributed by atoms with Crippen molar-refractivity contribution in [3.8, 4) is 0 Å². The van der Waals surface area contributed by atoms with Gasteiger partial charge in [0.15, 0.2) is 0 Å². The fourth-order valence-corrected chi connectivity index (χ4v) is 2.54. The van der Waals surface area contributed by atoms with E-state index in [0.29, 0.717) is 10.0 Å². The zero-order valence-corrected chi connectivity index (χ0v) is 10.7. The van der Waals surface area contributed by atoms with E-state index < -0.39 is 5.97 Å². The third-order valence-electron chi connectivity index (χ3n) is 2.91. The first-order valence-electron chi connectivity index (χ1n) is 5.42. The molecule has 0 spiro atoms. The Morgan fingerprint density at radius 3 is 2.71 bits per heavy atom. The summed E-state index contributed by atoms with van der Waals surface area (Å²) < 4.78 is 0. The number of nitrogens with zero attached hydrogens (tertiary/aromatic N) is 1. The van der Waals surface area contributed by atoms with E-state index >= 15 is 0 Å². The van der Waals surface area contributed by atoms with Crippen LogP contribution in [0.3, 0.4) is 0 Å². The molecule has 1 fully saturated rings. The van der Waals surface area contributed by atoms with Crippen LogP contribution in [0.15, 0.2) is 18.2 Å². The summed E-state index contributed by atoms with van der Waals surface area (Å²) in [5, 5.41) is 9.94. The van der Waals surface area contributed by atoms with Crippen molar-refractivity contribution < 1.29 is 9.90 Å². The number of halogens is 2. The van der Waals surface area contributed by atoms with Gasteiger partial charge in [0.1, 0.15) is 0 Å². The van der Waals surface area contributed by atoms with Gasteiger partial charge in [-0.2, -0.15) is 0 Å². The van der Waals surface area contributed by atoms with Gasteiger partial charge >= 0.3 is 5.97 Å². The Labute approximate surface area is 110 Å². The minimum Gasteiger partial charge on any atom is -0.481 e. The molecule has 3 nitrogen and oxygen atoms in total. The molecule has 0 bridgehead atoms. The second-order valence-corrected chi connectivity index (χ2v) is 5.24. The number of hydrogen-bond acceptors (Lipinski definition) is 2. The summed E-state index contributed by atoms with van der Waals surface area (Å²) >= 11 is 11.9. The molecule has 2 rings (SSSR count). The maximum Gasteiger partial charge on any atom is 0.303 e. The smallest absolute Gasteiger partial charge is 0.303 e. The molecule has 1 aliphatic heterocycles. The summed E-state index contributed by atoms with van der Waals surface area (Å²) in [6.07, 6.45) is 0.255. The molecule has 0 unspecified atom stereocenters. The predicted molar refractivity (Wildman–Crippen MR) is 67.5 cm³/mol. The van der Waals surface area contributed by atoms with Crippen LogP contribution in [-0.4, -0.2) is 29.1 Å². The number of carboxylic acid groups (broad SMARTS) is 1. The molecule has 1 aliphatic rings. The fraction of sp³-hybridized carbons (Fsp3) is 0.417. The molecule has 1 aromatic rings. The normalized spacial score (nSPS) is 16.8. The molecule has 0 radical (unpaired) electrons. The van der Waals surface area contributed by atoms with Crippen LogP contribution in [0.2, 0.25) is 10.0 Å². The number of likely N-dealkylation sites (tertiary alicyclic amines) is 1. The van der Waals surface area contributed by atoms with Crippen LogP contribution in [0, 0.1) is 5.92 Å². The number of carboxylic acids is 1. The third-order valence-corrected chi connectivity index (χ3v) is 3.49. The lowest BCUT2D eigenvalue weighted by molar-refractivity contribution is -0.139. The summed E-state index contributed by atoms with van der Waals surface area (Å²) in [5.41, 5.74) is 1.03. The van der Waals surface area contributed by atoms with E-state index in [-0.39, 0.29) is 12.3 Å². The van der Waals surface area contributed by atoms with Crippen molar-refractivity contribution in [3.05, 3.63) is 33.8 Å². The maximum absolute atomic E-state index is 10.5. The molecule has 0 saturated carbocycles. The zero-order valence-electron chi connectivity index (χ0n) is 9.20. The Bertz CT molecular complexity index is 431. The molecule has 0 aromatic heterocycles. The molecule has 17 heavy (non-hydrogen) atoms. The molecule has 1 heterocycles.